The predicted molar refractivity (Wildman–Crippen MR) is 59.4 cm³/mol. The van der Waals surface area contributed by atoms with E-state index in [4.69, 9.17) is 10.5 Å². The Hall–Kier alpha value is -1.13. The molecule has 0 amide bonds. The number of anilines is 1. The molecule has 0 bridgehead atoms. The quantitative estimate of drug-likeness (QED) is 0.782. The van der Waals surface area contributed by atoms with Gasteiger partial charge in [-0.2, -0.15) is 0 Å². The molecule has 4 nitrogen and oxygen atoms in total. The molecule has 1 aliphatic heterocycles. The molecule has 1 aromatic heterocycles. The summed E-state index contributed by atoms with van der Waals surface area (Å²) in [5.41, 5.74) is 6.92. The summed E-state index contributed by atoms with van der Waals surface area (Å²) in [5.74, 6) is 0.641. The molecular formula is C11H17N3O. The summed E-state index contributed by atoms with van der Waals surface area (Å²) >= 11 is 0. The summed E-state index contributed by atoms with van der Waals surface area (Å²) in [5, 5.41) is 0. The molecule has 0 radical (unpaired) electrons. The maximum absolute atomic E-state index is 5.81. The number of nitrogen functional groups attached to an aromatic ring is 1. The third-order valence-electron chi connectivity index (χ3n) is 2.63. The Morgan fingerprint density at radius 2 is 2.33 bits per heavy atom. The van der Waals surface area contributed by atoms with E-state index in [1.54, 1.807) is 6.20 Å². The zero-order valence-electron chi connectivity index (χ0n) is 8.85. The SMILES string of the molecule is Nc1ncccc1CN1CCCOCC1. The van der Waals surface area contributed by atoms with Gasteiger partial charge >= 0.3 is 0 Å². The highest BCUT2D eigenvalue weighted by molar-refractivity contribution is 5.38. The number of rotatable bonds is 2. The van der Waals surface area contributed by atoms with Gasteiger partial charge in [0.2, 0.25) is 0 Å². The van der Waals surface area contributed by atoms with E-state index in [0.717, 1.165) is 44.8 Å². The summed E-state index contributed by atoms with van der Waals surface area (Å²) in [6, 6.07) is 3.97. The smallest absolute Gasteiger partial charge is 0.127 e. The number of ether oxygens (including phenoxy) is 1. The summed E-state index contributed by atoms with van der Waals surface area (Å²) in [7, 11) is 0. The third-order valence-corrected chi connectivity index (χ3v) is 2.63. The van der Waals surface area contributed by atoms with Crippen molar-refractivity contribution >= 4 is 5.82 Å². The first-order valence-electron chi connectivity index (χ1n) is 5.36. The monoisotopic (exact) mass is 207 g/mol. The molecule has 0 aromatic carbocycles. The number of hydrogen-bond donors (Lipinski definition) is 1. The molecule has 0 spiro atoms. The predicted octanol–water partition coefficient (Wildman–Crippen LogP) is 0.886. The Morgan fingerprint density at radius 3 is 3.20 bits per heavy atom. The normalized spacial score (nSPS) is 18.7. The van der Waals surface area contributed by atoms with Gasteiger partial charge in [0, 0.05) is 38.0 Å². The molecule has 0 unspecified atom stereocenters. The van der Waals surface area contributed by atoms with E-state index in [1.165, 1.54) is 0 Å². The van der Waals surface area contributed by atoms with E-state index in [0.29, 0.717) is 5.82 Å². The van der Waals surface area contributed by atoms with Gasteiger partial charge in [0.15, 0.2) is 0 Å². The topological polar surface area (TPSA) is 51.4 Å². The van der Waals surface area contributed by atoms with E-state index in [1.807, 2.05) is 12.1 Å². The fourth-order valence-electron chi connectivity index (χ4n) is 1.78. The van der Waals surface area contributed by atoms with E-state index >= 15 is 0 Å². The Balaban J connectivity index is 1.98. The lowest BCUT2D eigenvalue weighted by Gasteiger charge is -2.19. The van der Waals surface area contributed by atoms with Crippen molar-refractivity contribution in [2.45, 2.75) is 13.0 Å². The number of pyridine rings is 1. The van der Waals surface area contributed by atoms with E-state index < -0.39 is 0 Å². The van der Waals surface area contributed by atoms with Crippen molar-refractivity contribution in [3.05, 3.63) is 23.9 Å². The van der Waals surface area contributed by atoms with Crippen LogP contribution in [0.3, 0.4) is 0 Å². The van der Waals surface area contributed by atoms with Crippen molar-refractivity contribution in [1.82, 2.24) is 9.88 Å². The molecule has 1 fully saturated rings. The van der Waals surface area contributed by atoms with Gasteiger partial charge in [-0.25, -0.2) is 4.98 Å². The van der Waals surface area contributed by atoms with Crippen molar-refractivity contribution in [3.63, 3.8) is 0 Å². The van der Waals surface area contributed by atoms with Crippen LogP contribution in [0.25, 0.3) is 0 Å². The standard InChI is InChI=1S/C11H17N3O/c12-11-10(3-1-4-13-11)9-14-5-2-7-15-8-6-14/h1,3-4H,2,5-9H2,(H2,12,13). The van der Waals surface area contributed by atoms with Crippen LogP contribution >= 0.6 is 0 Å². The first-order valence-corrected chi connectivity index (χ1v) is 5.36. The molecule has 82 valence electrons. The molecule has 0 atom stereocenters. The summed E-state index contributed by atoms with van der Waals surface area (Å²) < 4.78 is 5.40. The molecule has 15 heavy (non-hydrogen) atoms. The highest BCUT2D eigenvalue weighted by atomic mass is 16.5. The highest BCUT2D eigenvalue weighted by Gasteiger charge is 2.10. The molecule has 0 aliphatic carbocycles. The maximum atomic E-state index is 5.81. The van der Waals surface area contributed by atoms with Crippen molar-refractivity contribution in [2.24, 2.45) is 0 Å². The fraction of sp³-hybridized carbons (Fsp3) is 0.545. The molecule has 4 heteroatoms. The van der Waals surface area contributed by atoms with Gasteiger partial charge in [0.1, 0.15) is 5.82 Å². The van der Waals surface area contributed by atoms with Crippen LogP contribution in [0.4, 0.5) is 5.82 Å². The van der Waals surface area contributed by atoms with Crippen LogP contribution in [0, 0.1) is 0 Å². The molecule has 1 aliphatic rings. The lowest BCUT2D eigenvalue weighted by atomic mass is 10.2. The van der Waals surface area contributed by atoms with Gasteiger partial charge in [-0.05, 0) is 12.5 Å². The van der Waals surface area contributed by atoms with Crippen LogP contribution in [-0.2, 0) is 11.3 Å². The van der Waals surface area contributed by atoms with Gasteiger partial charge < -0.3 is 10.5 Å². The van der Waals surface area contributed by atoms with Crippen LogP contribution < -0.4 is 5.73 Å². The number of aromatic nitrogens is 1. The average molecular weight is 207 g/mol. The minimum atomic E-state index is 0.641. The lowest BCUT2D eigenvalue weighted by molar-refractivity contribution is 0.140. The maximum Gasteiger partial charge on any atom is 0.127 e. The largest absolute Gasteiger partial charge is 0.383 e. The van der Waals surface area contributed by atoms with Gasteiger partial charge in [0.25, 0.3) is 0 Å². The second-order valence-corrected chi connectivity index (χ2v) is 3.79. The molecule has 2 N–H and O–H groups in total. The van der Waals surface area contributed by atoms with Gasteiger partial charge in [-0.1, -0.05) is 6.07 Å². The van der Waals surface area contributed by atoms with Gasteiger partial charge in [-0.3, -0.25) is 4.90 Å². The van der Waals surface area contributed by atoms with E-state index in [-0.39, 0.29) is 0 Å². The van der Waals surface area contributed by atoms with Crippen LogP contribution in [0.15, 0.2) is 18.3 Å². The van der Waals surface area contributed by atoms with Crippen LogP contribution in [-0.4, -0.2) is 36.2 Å². The summed E-state index contributed by atoms with van der Waals surface area (Å²) in [6.07, 6.45) is 2.82. The van der Waals surface area contributed by atoms with Crippen LogP contribution in [0.5, 0.6) is 0 Å². The van der Waals surface area contributed by atoms with Gasteiger partial charge in [0.05, 0.1) is 6.61 Å². The molecule has 1 aromatic rings. The first kappa shape index (κ1) is 10.4. The minimum absolute atomic E-state index is 0.641. The summed E-state index contributed by atoms with van der Waals surface area (Å²) in [4.78, 5) is 6.45. The molecular weight excluding hydrogens is 190 g/mol. The highest BCUT2D eigenvalue weighted by Crippen LogP contribution is 2.11. The van der Waals surface area contributed by atoms with Gasteiger partial charge in [-0.15, -0.1) is 0 Å². The summed E-state index contributed by atoms with van der Waals surface area (Å²) in [6.45, 7) is 4.63. The van der Waals surface area contributed by atoms with Crippen molar-refractivity contribution in [3.8, 4) is 0 Å². The lowest BCUT2D eigenvalue weighted by Crippen LogP contribution is -2.26. The Labute approximate surface area is 90.0 Å². The van der Waals surface area contributed by atoms with Crippen LogP contribution in [0.2, 0.25) is 0 Å². The number of nitrogens with zero attached hydrogens (tertiary/aromatic N) is 2. The zero-order valence-corrected chi connectivity index (χ0v) is 8.85. The third kappa shape index (κ3) is 2.91. The molecule has 2 heterocycles. The Morgan fingerprint density at radius 1 is 1.40 bits per heavy atom. The minimum Gasteiger partial charge on any atom is -0.383 e. The van der Waals surface area contributed by atoms with Crippen molar-refractivity contribution in [1.29, 1.82) is 0 Å². The molecule has 0 saturated carbocycles. The second-order valence-electron chi connectivity index (χ2n) is 3.79. The number of nitrogens with two attached hydrogens (primary N) is 1. The fourth-order valence-corrected chi connectivity index (χ4v) is 1.78. The first-order chi connectivity index (χ1) is 7.36. The second kappa shape index (κ2) is 5.09. The van der Waals surface area contributed by atoms with E-state index in [9.17, 15) is 0 Å². The van der Waals surface area contributed by atoms with Crippen LogP contribution in [0.1, 0.15) is 12.0 Å². The van der Waals surface area contributed by atoms with E-state index in [2.05, 4.69) is 9.88 Å². The molecule has 2 rings (SSSR count). The number of hydrogen-bond acceptors (Lipinski definition) is 4. The Kier molecular flexibility index (Phi) is 3.53. The molecule has 1 saturated heterocycles. The van der Waals surface area contributed by atoms with Crippen molar-refractivity contribution in [2.75, 3.05) is 32.0 Å². The zero-order chi connectivity index (χ0) is 10.5. The van der Waals surface area contributed by atoms with Crippen molar-refractivity contribution < 1.29 is 4.74 Å². The Bertz CT molecular complexity index is 308. The average Bonchev–Trinajstić information content (AvgIpc) is 2.50.